The van der Waals surface area contributed by atoms with Gasteiger partial charge in [0.05, 0.1) is 21.3 Å². The van der Waals surface area contributed by atoms with Crippen LogP contribution >= 0.6 is 0 Å². The lowest BCUT2D eigenvalue weighted by Crippen LogP contribution is -2.35. The first-order valence-corrected chi connectivity index (χ1v) is 10.6. The van der Waals surface area contributed by atoms with Crippen LogP contribution in [0.25, 0.3) is 0 Å². The van der Waals surface area contributed by atoms with E-state index in [0.29, 0.717) is 29.5 Å². The predicted octanol–water partition coefficient (Wildman–Crippen LogP) is 4.48. The van der Waals surface area contributed by atoms with Gasteiger partial charge in [0.15, 0.2) is 11.6 Å². The molecule has 31 heavy (non-hydrogen) atoms. The number of ether oxygens (including phenoxy) is 3. The number of amides is 1. The number of halogens is 1. The molecule has 0 radical (unpaired) electrons. The van der Waals surface area contributed by atoms with E-state index in [1.165, 1.54) is 13.2 Å². The number of piperidine rings is 1. The highest BCUT2D eigenvalue weighted by Gasteiger charge is 2.21. The molecule has 1 atom stereocenters. The van der Waals surface area contributed by atoms with E-state index in [-0.39, 0.29) is 17.5 Å². The standard InChI is InChI=1S/C24H31FN2O4/c1-29-20-12-19(13-21(14-20)30-2)26-24(28)9-7-17-5-4-10-27(15-17)16-18-6-8-22(25)23(11-18)31-3/h6,8,11-14,17H,4-5,7,9-10,15-16H2,1-3H3,(H,26,28)/t17-/m1/s1. The molecule has 3 rings (SSSR count). The third-order valence-corrected chi connectivity index (χ3v) is 5.64. The van der Waals surface area contributed by atoms with Crippen LogP contribution < -0.4 is 19.5 Å². The van der Waals surface area contributed by atoms with Gasteiger partial charge in [0.25, 0.3) is 0 Å². The first-order valence-electron chi connectivity index (χ1n) is 10.6. The van der Waals surface area contributed by atoms with Crippen LogP contribution in [0.4, 0.5) is 10.1 Å². The van der Waals surface area contributed by atoms with Gasteiger partial charge in [-0.3, -0.25) is 9.69 Å². The van der Waals surface area contributed by atoms with Crippen LogP contribution in [0.1, 0.15) is 31.2 Å². The van der Waals surface area contributed by atoms with E-state index in [1.807, 2.05) is 0 Å². The van der Waals surface area contributed by atoms with E-state index in [4.69, 9.17) is 14.2 Å². The third kappa shape index (κ3) is 6.59. The number of carbonyl (C=O) groups is 1. The molecule has 1 aliphatic rings. The number of rotatable bonds is 9. The fourth-order valence-electron chi connectivity index (χ4n) is 4.03. The monoisotopic (exact) mass is 430 g/mol. The number of anilines is 1. The topological polar surface area (TPSA) is 60.0 Å². The Morgan fingerprint density at radius 3 is 2.52 bits per heavy atom. The summed E-state index contributed by atoms with van der Waals surface area (Å²) in [6, 6.07) is 10.3. The highest BCUT2D eigenvalue weighted by atomic mass is 19.1. The summed E-state index contributed by atoms with van der Waals surface area (Å²) in [6.07, 6.45) is 3.50. The summed E-state index contributed by atoms with van der Waals surface area (Å²) in [6.45, 7) is 2.69. The second-order valence-corrected chi connectivity index (χ2v) is 7.90. The molecule has 0 aromatic heterocycles. The van der Waals surface area contributed by atoms with E-state index in [2.05, 4.69) is 10.2 Å². The van der Waals surface area contributed by atoms with Gasteiger partial charge in [-0.05, 0) is 49.4 Å². The minimum absolute atomic E-state index is 0.0179. The number of hydrogen-bond donors (Lipinski definition) is 1. The van der Waals surface area contributed by atoms with Crippen molar-refractivity contribution in [2.75, 3.05) is 39.7 Å². The third-order valence-electron chi connectivity index (χ3n) is 5.64. The predicted molar refractivity (Wildman–Crippen MR) is 118 cm³/mol. The molecule has 1 heterocycles. The molecular formula is C24H31FN2O4. The van der Waals surface area contributed by atoms with Crippen molar-refractivity contribution in [1.29, 1.82) is 0 Å². The van der Waals surface area contributed by atoms with E-state index >= 15 is 0 Å². The Morgan fingerprint density at radius 1 is 1.10 bits per heavy atom. The zero-order chi connectivity index (χ0) is 22.2. The van der Waals surface area contributed by atoms with E-state index in [9.17, 15) is 9.18 Å². The summed E-state index contributed by atoms with van der Waals surface area (Å²) >= 11 is 0. The normalized spacial score (nSPS) is 16.6. The van der Waals surface area contributed by atoms with Crippen LogP contribution in [0, 0.1) is 11.7 Å². The van der Waals surface area contributed by atoms with Gasteiger partial charge >= 0.3 is 0 Å². The second-order valence-electron chi connectivity index (χ2n) is 7.90. The Hall–Kier alpha value is -2.80. The maximum Gasteiger partial charge on any atom is 0.224 e. The van der Waals surface area contributed by atoms with Crippen LogP contribution in [0.3, 0.4) is 0 Å². The fraction of sp³-hybridized carbons (Fsp3) is 0.458. The highest BCUT2D eigenvalue weighted by molar-refractivity contribution is 5.91. The number of hydrogen-bond acceptors (Lipinski definition) is 5. The number of carbonyl (C=O) groups excluding carboxylic acids is 1. The Kier molecular flexibility index (Phi) is 8.12. The summed E-state index contributed by atoms with van der Waals surface area (Å²) in [4.78, 5) is 14.8. The number of nitrogens with one attached hydrogen (secondary N) is 1. The molecule has 1 N–H and O–H groups in total. The molecule has 0 spiro atoms. The van der Waals surface area contributed by atoms with E-state index < -0.39 is 0 Å². The first kappa shape index (κ1) is 22.9. The number of methoxy groups -OCH3 is 3. The molecule has 7 heteroatoms. The lowest BCUT2D eigenvalue weighted by atomic mass is 9.93. The number of nitrogens with zero attached hydrogens (tertiary/aromatic N) is 1. The molecule has 1 fully saturated rings. The molecule has 0 bridgehead atoms. The Morgan fingerprint density at radius 2 is 1.84 bits per heavy atom. The smallest absolute Gasteiger partial charge is 0.224 e. The van der Waals surface area contributed by atoms with Crippen molar-refractivity contribution in [3.05, 3.63) is 47.8 Å². The first-order chi connectivity index (χ1) is 15.0. The Balaban J connectivity index is 1.50. The van der Waals surface area contributed by atoms with Gasteiger partial charge in [-0.15, -0.1) is 0 Å². The molecule has 6 nitrogen and oxygen atoms in total. The molecule has 2 aromatic carbocycles. The van der Waals surface area contributed by atoms with Crippen molar-refractivity contribution in [3.8, 4) is 17.2 Å². The van der Waals surface area contributed by atoms with Crippen molar-refractivity contribution in [3.63, 3.8) is 0 Å². The molecule has 168 valence electrons. The second kappa shape index (κ2) is 11.0. The molecule has 2 aromatic rings. The largest absolute Gasteiger partial charge is 0.497 e. The van der Waals surface area contributed by atoms with Crippen molar-refractivity contribution < 1.29 is 23.4 Å². The van der Waals surface area contributed by atoms with Crippen molar-refractivity contribution >= 4 is 11.6 Å². The van der Waals surface area contributed by atoms with Crippen LogP contribution in [0.2, 0.25) is 0 Å². The number of likely N-dealkylation sites (tertiary alicyclic amines) is 1. The minimum Gasteiger partial charge on any atom is -0.497 e. The molecule has 0 aliphatic carbocycles. The number of benzene rings is 2. The van der Waals surface area contributed by atoms with Crippen molar-refractivity contribution in [1.82, 2.24) is 4.90 Å². The Labute approximate surface area is 183 Å². The molecule has 0 unspecified atom stereocenters. The van der Waals surface area contributed by atoms with Gasteiger partial charge in [-0.2, -0.15) is 0 Å². The van der Waals surface area contributed by atoms with Gasteiger partial charge in [-0.1, -0.05) is 6.07 Å². The Bertz CT molecular complexity index is 868. The molecule has 1 saturated heterocycles. The maximum atomic E-state index is 13.6. The average Bonchev–Trinajstić information content (AvgIpc) is 2.79. The lowest BCUT2D eigenvalue weighted by Gasteiger charge is -2.32. The van der Waals surface area contributed by atoms with Crippen molar-refractivity contribution in [2.45, 2.75) is 32.2 Å². The van der Waals surface area contributed by atoms with Crippen LogP contribution in [0.5, 0.6) is 17.2 Å². The molecular weight excluding hydrogens is 399 g/mol. The van der Waals surface area contributed by atoms with Gasteiger partial charge in [0.1, 0.15) is 11.5 Å². The summed E-state index contributed by atoms with van der Waals surface area (Å²) in [5.41, 5.74) is 1.69. The fourth-order valence-corrected chi connectivity index (χ4v) is 4.03. The van der Waals surface area contributed by atoms with Crippen LogP contribution in [-0.2, 0) is 11.3 Å². The summed E-state index contributed by atoms with van der Waals surface area (Å²) in [5.74, 6) is 1.64. The summed E-state index contributed by atoms with van der Waals surface area (Å²) in [5, 5.41) is 2.94. The summed E-state index contributed by atoms with van der Waals surface area (Å²) in [7, 11) is 4.64. The average molecular weight is 431 g/mol. The van der Waals surface area contributed by atoms with Crippen LogP contribution in [-0.4, -0.2) is 45.2 Å². The molecule has 1 amide bonds. The zero-order valence-corrected chi connectivity index (χ0v) is 18.4. The maximum absolute atomic E-state index is 13.6. The van der Waals surface area contributed by atoms with E-state index in [1.54, 1.807) is 44.6 Å². The quantitative estimate of drug-likeness (QED) is 0.636. The van der Waals surface area contributed by atoms with E-state index in [0.717, 1.165) is 44.5 Å². The van der Waals surface area contributed by atoms with Crippen molar-refractivity contribution in [2.24, 2.45) is 5.92 Å². The highest BCUT2D eigenvalue weighted by Crippen LogP contribution is 2.27. The lowest BCUT2D eigenvalue weighted by molar-refractivity contribution is -0.116. The van der Waals surface area contributed by atoms with Gasteiger partial charge < -0.3 is 19.5 Å². The summed E-state index contributed by atoms with van der Waals surface area (Å²) < 4.78 is 29.2. The van der Waals surface area contributed by atoms with Gasteiger partial charge in [0.2, 0.25) is 5.91 Å². The minimum atomic E-state index is -0.345. The SMILES string of the molecule is COc1cc(NC(=O)CC[C@H]2CCCN(Cc3ccc(F)c(OC)c3)C2)cc(OC)c1. The zero-order valence-electron chi connectivity index (χ0n) is 18.4. The molecule has 0 saturated carbocycles. The molecule has 1 aliphatic heterocycles. The van der Waals surface area contributed by atoms with Gasteiger partial charge in [-0.25, -0.2) is 4.39 Å². The van der Waals surface area contributed by atoms with Gasteiger partial charge in [0, 0.05) is 43.4 Å². The van der Waals surface area contributed by atoms with Crippen LogP contribution in [0.15, 0.2) is 36.4 Å².